The Morgan fingerprint density at radius 1 is 1.06 bits per heavy atom. The van der Waals surface area contributed by atoms with Crippen LogP contribution in [0.4, 0.5) is 0 Å². The molecule has 1 aliphatic rings. The van der Waals surface area contributed by atoms with E-state index in [4.69, 9.17) is 0 Å². The number of carbonyl (C=O) groups excluding carboxylic acids is 1. The zero-order valence-corrected chi connectivity index (χ0v) is 18.0. The molecule has 0 spiro atoms. The monoisotopic (exact) mass is 430 g/mol. The van der Waals surface area contributed by atoms with E-state index in [0.29, 0.717) is 24.3 Å². The molecular formula is C23H22N6OS. The number of aromatic nitrogens is 4. The molecule has 7 nitrogen and oxygen atoms in total. The lowest BCUT2D eigenvalue weighted by Crippen LogP contribution is -2.41. The zero-order chi connectivity index (χ0) is 21.2. The smallest absolute Gasteiger partial charge is 0.270 e. The summed E-state index contributed by atoms with van der Waals surface area (Å²) in [6.07, 6.45) is 6.09. The Morgan fingerprint density at radius 2 is 1.87 bits per heavy atom. The number of amides is 1. The fraction of sp³-hybridized carbons (Fsp3) is 0.217. The molecule has 1 saturated heterocycles. The van der Waals surface area contributed by atoms with Crippen molar-refractivity contribution in [1.82, 2.24) is 30.0 Å². The minimum absolute atomic E-state index is 0.0266. The quantitative estimate of drug-likeness (QED) is 0.479. The third-order valence-corrected chi connectivity index (χ3v) is 6.32. The van der Waals surface area contributed by atoms with Gasteiger partial charge in [-0.3, -0.25) is 9.80 Å². The second kappa shape index (κ2) is 8.41. The van der Waals surface area contributed by atoms with Crippen LogP contribution in [0.3, 0.4) is 0 Å². The predicted octanol–water partition coefficient (Wildman–Crippen LogP) is 3.96. The first-order valence-corrected chi connectivity index (χ1v) is 11.0. The Hall–Kier alpha value is -3.36. The van der Waals surface area contributed by atoms with Gasteiger partial charge in [0.05, 0.1) is 30.2 Å². The molecule has 3 heterocycles. The molecule has 0 saturated carbocycles. The van der Waals surface area contributed by atoms with Gasteiger partial charge < -0.3 is 0 Å². The Bertz CT molecular complexity index is 1190. The van der Waals surface area contributed by atoms with E-state index in [9.17, 15) is 4.79 Å². The maximum atomic E-state index is 13.5. The van der Waals surface area contributed by atoms with Crippen molar-refractivity contribution in [1.29, 1.82) is 0 Å². The predicted molar refractivity (Wildman–Crippen MR) is 120 cm³/mol. The van der Waals surface area contributed by atoms with E-state index in [0.717, 1.165) is 34.0 Å². The Balaban J connectivity index is 1.38. The highest BCUT2D eigenvalue weighted by atomic mass is 32.1. The van der Waals surface area contributed by atoms with Crippen LogP contribution in [0.5, 0.6) is 0 Å². The molecule has 0 N–H and O–H groups in total. The van der Waals surface area contributed by atoms with Gasteiger partial charge in [0.1, 0.15) is 5.01 Å². The lowest BCUT2D eigenvalue weighted by atomic mass is 10.1. The second-order valence-electron chi connectivity index (χ2n) is 7.51. The lowest BCUT2D eigenvalue weighted by Gasteiger charge is -2.28. The molecule has 8 heteroatoms. The van der Waals surface area contributed by atoms with Crippen molar-refractivity contribution >= 4 is 17.2 Å². The largest absolute Gasteiger partial charge is 0.271 e. The van der Waals surface area contributed by atoms with Crippen molar-refractivity contribution in [3.05, 3.63) is 83.1 Å². The highest BCUT2D eigenvalue weighted by Gasteiger charge is 2.30. The first kappa shape index (κ1) is 19.6. The van der Waals surface area contributed by atoms with Gasteiger partial charge in [0, 0.05) is 29.7 Å². The average molecular weight is 431 g/mol. The summed E-state index contributed by atoms with van der Waals surface area (Å²) < 4.78 is 0. The van der Waals surface area contributed by atoms with Crippen LogP contribution in [-0.4, -0.2) is 49.0 Å². The highest BCUT2D eigenvalue weighted by Crippen LogP contribution is 2.28. The Morgan fingerprint density at radius 3 is 2.68 bits per heavy atom. The maximum Gasteiger partial charge on any atom is 0.270 e. The first-order chi connectivity index (χ1) is 15.2. The summed E-state index contributed by atoms with van der Waals surface area (Å²) in [5, 5.41) is 13.4. The van der Waals surface area contributed by atoms with Crippen LogP contribution in [0.15, 0.2) is 67.1 Å². The topological polar surface area (TPSA) is 67.2 Å². The van der Waals surface area contributed by atoms with Crippen LogP contribution in [0.25, 0.3) is 16.3 Å². The SMILES string of the molecule is Cc1ccc(-n2nccn2)c(C(=O)N2CCCN2Cc2cnc(-c3ccccc3)s2)c1. The fourth-order valence-electron chi connectivity index (χ4n) is 3.81. The third-order valence-electron chi connectivity index (χ3n) is 5.29. The summed E-state index contributed by atoms with van der Waals surface area (Å²) in [6, 6.07) is 16.0. The van der Waals surface area contributed by atoms with Crippen molar-refractivity contribution in [2.24, 2.45) is 0 Å². The van der Waals surface area contributed by atoms with Crippen molar-refractivity contribution in [2.45, 2.75) is 19.9 Å². The van der Waals surface area contributed by atoms with Crippen LogP contribution in [-0.2, 0) is 6.54 Å². The van der Waals surface area contributed by atoms with Gasteiger partial charge in [-0.15, -0.1) is 11.3 Å². The fourth-order valence-corrected chi connectivity index (χ4v) is 4.74. The summed E-state index contributed by atoms with van der Waals surface area (Å²) in [7, 11) is 0. The summed E-state index contributed by atoms with van der Waals surface area (Å²) >= 11 is 1.67. The van der Waals surface area contributed by atoms with Crippen molar-refractivity contribution in [2.75, 3.05) is 13.1 Å². The van der Waals surface area contributed by atoms with Crippen LogP contribution >= 0.6 is 11.3 Å². The van der Waals surface area contributed by atoms with Crippen molar-refractivity contribution < 1.29 is 4.79 Å². The number of aryl methyl sites for hydroxylation is 1. The van der Waals surface area contributed by atoms with E-state index in [1.807, 2.05) is 54.5 Å². The van der Waals surface area contributed by atoms with E-state index in [1.165, 1.54) is 4.80 Å². The molecule has 0 aliphatic carbocycles. The van der Waals surface area contributed by atoms with E-state index < -0.39 is 0 Å². The van der Waals surface area contributed by atoms with Gasteiger partial charge in [-0.05, 0) is 25.5 Å². The highest BCUT2D eigenvalue weighted by molar-refractivity contribution is 7.15. The molecule has 2 aromatic carbocycles. The van der Waals surface area contributed by atoms with E-state index in [-0.39, 0.29) is 5.91 Å². The number of benzene rings is 2. The molecule has 31 heavy (non-hydrogen) atoms. The van der Waals surface area contributed by atoms with Crippen LogP contribution < -0.4 is 0 Å². The number of hydrazine groups is 1. The van der Waals surface area contributed by atoms with Gasteiger partial charge in [0.2, 0.25) is 0 Å². The number of carbonyl (C=O) groups is 1. The summed E-state index contributed by atoms with van der Waals surface area (Å²) in [6.45, 7) is 4.19. The molecule has 0 unspecified atom stereocenters. The molecule has 1 aliphatic heterocycles. The van der Waals surface area contributed by atoms with E-state index in [1.54, 1.807) is 23.7 Å². The normalized spacial score (nSPS) is 14.3. The zero-order valence-electron chi connectivity index (χ0n) is 17.2. The van der Waals surface area contributed by atoms with Crippen molar-refractivity contribution in [3.63, 3.8) is 0 Å². The number of thiazole rings is 1. The standard InChI is InChI=1S/C23H22N6OS/c1-17-8-9-21(29-25-10-11-26-29)20(14-17)23(30)28-13-5-12-27(28)16-19-15-24-22(31-19)18-6-3-2-4-7-18/h2-4,6-11,14-15H,5,12-13,16H2,1H3. The molecule has 1 fully saturated rings. The molecular weight excluding hydrogens is 408 g/mol. The average Bonchev–Trinajstić information content (AvgIpc) is 3.56. The maximum absolute atomic E-state index is 13.5. The number of rotatable bonds is 5. The number of hydrogen-bond acceptors (Lipinski definition) is 6. The van der Waals surface area contributed by atoms with Gasteiger partial charge in [-0.1, -0.05) is 42.0 Å². The van der Waals surface area contributed by atoms with Crippen LogP contribution in [0, 0.1) is 6.92 Å². The molecule has 5 rings (SSSR count). The minimum atomic E-state index is -0.0266. The van der Waals surface area contributed by atoms with Gasteiger partial charge in [0.15, 0.2) is 0 Å². The third kappa shape index (κ3) is 3.99. The Kier molecular flexibility index (Phi) is 5.31. The van der Waals surface area contributed by atoms with Gasteiger partial charge in [-0.2, -0.15) is 15.0 Å². The molecule has 2 aromatic heterocycles. The molecule has 0 atom stereocenters. The molecule has 0 bridgehead atoms. The van der Waals surface area contributed by atoms with Crippen LogP contribution in [0.1, 0.15) is 27.2 Å². The summed E-state index contributed by atoms with van der Waals surface area (Å²) in [4.78, 5) is 20.8. The molecule has 0 radical (unpaired) electrons. The van der Waals surface area contributed by atoms with Gasteiger partial charge >= 0.3 is 0 Å². The van der Waals surface area contributed by atoms with Gasteiger partial charge in [0.25, 0.3) is 5.91 Å². The summed E-state index contributed by atoms with van der Waals surface area (Å²) in [5.41, 5.74) is 3.44. The first-order valence-electron chi connectivity index (χ1n) is 10.2. The number of nitrogens with zero attached hydrogens (tertiary/aromatic N) is 6. The number of hydrogen-bond donors (Lipinski definition) is 0. The molecule has 156 valence electrons. The van der Waals surface area contributed by atoms with Crippen molar-refractivity contribution in [3.8, 4) is 16.3 Å². The van der Waals surface area contributed by atoms with Crippen LogP contribution in [0.2, 0.25) is 0 Å². The summed E-state index contributed by atoms with van der Waals surface area (Å²) in [5.74, 6) is -0.0266. The molecule has 4 aromatic rings. The Labute approximate surface area is 184 Å². The van der Waals surface area contributed by atoms with Gasteiger partial charge in [-0.25, -0.2) is 9.99 Å². The van der Waals surface area contributed by atoms with E-state index >= 15 is 0 Å². The molecule has 1 amide bonds. The van der Waals surface area contributed by atoms with E-state index in [2.05, 4.69) is 32.3 Å². The lowest BCUT2D eigenvalue weighted by molar-refractivity contribution is 0.0175. The second-order valence-corrected chi connectivity index (χ2v) is 8.62. The minimum Gasteiger partial charge on any atom is -0.271 e.